The Morgan fingerprint density at radius 1 is 1.00 bits per heavy atom. The van der Waals surface area contributed by atoms with Crippen LogP contribution in [0.15, 0.2) is 48.5 Å². The number of rotatable bonds is 3. The highest BCUT2D eigenvalue weighted by atomic mass is 16.5. The Balaban J connectivity index is 1.81. The second kappa shape index (κ2) is 4.75. The molecule has 0 radical (unpaired) electrons. The molecule has 2 aromatic rings. The third kappa shape index (κ3) is 2.20. The number of hydrogen-bond acceptors (Lipinski definition) is 2. The maximum absolute atomic E-state index is 12.2. The van der Waals surface area contributed by atoms with Gasteiger partial charge in [-0.3, -0.25) is 4.79 Å². The molecule has 0 bridgehead atoms. The van der Waals surface area contributed by atoms with Gasteiger partial charge in [-0.15, -0.1) is 0 Å². The van der Waals surface area contributed by atoms with Gasteiger partial charge in [0.05, 0.1) is 13.2 Å². The van der Waals surface area contributed by atoms with Gasteiger partial charge in [-0.25, -0.2) is 0 Å². The molecule has 90 valence electrons. The van der Waals surface area contributed by atoms with E-state index in [-0.39, 0.29) is 5.78 Å². The van der Waals surface area contributed by atoms with E-state index in [2.05, 4.69) is 0 Å². The van der Waals surface area contributed by atoms with Crippen molar-refractivity contribution in [1.29, 1.82) is 0 Å². The normalized spacial score (nSPS) is 13.3. The van der Waals surface area contributed by atoms with Gasteiger partial charge in [-0.2, -0.15) is 0 Å². The molecule has 1 aliphatic rings. The quantitative estimate of drug-likeness (QED) is 0.768. The molecule has 1 aliphatic heterocycles. The molecule has 0 aromatic heterocycles. The minimum Gasteiger partial charge on any atom is -0.372 e. The van der Waals surface area contributed by atoms with Crippen molar-refractivity contribution in [2.24, 2.45) is 0 Å². The lowest BCUT2D eigenvalue weighted by atomic mass is 9.99. The number of benzene rings is 2. The highest BCUT2D eigenvalue weighted by molar-refractivity contribution is 5.97. The van der Waals surface area contributed by atoms with E-state index in [0.717, 1.165) is 16.7 Å². The molecule has 0 amide bonds. The number of carbonyl (C=O) groups excluding carboxylic acids is 1. The lowest BCUT2D eigenvalue weighted by Crippen LogP contribution is -2.04. The van der Waals surface area contributed by atoms with Gasteiger partial charge in [0.25, 0.3) is 0 Å². The van der Waals surface area contributed by atoms with Crippen molar-refractivity contribution in [3.05, 3.63) is 70.8 Å². The number of carbonyl (C=O) groups is 1. The Morgan fingerprint density at radius 2 is 1.78 bits per heavy atom. The van der Waals surface area contributed by atoms with Crippen LogP contribution in [0.1, 0.15) is 27.0 Å². The zero-order chi connectivity index (χ0) is 12.4. The van der Waals surface area contributed by atoms with Crippen LogP contribution in [0.5, 0.6) is 0 Å². The van der Waals surface area contributed by atoms with Crippen molar-refractivity contribution in [1.82, 2.24) is 0 Å². The summed E-state index contributed by atoms with van der Waals surface area (Å²) in [6.07, 6.45) is 0.459. The molecule has 1 heterocycles. The number of Topliss-reactive ketones (excluding diaryl/α,β-unsaturated/α-hetero) is 1. The van der Waals surface area contributed by atoms with Crippen LogP contribution in [-0.4, -0.2) is 5.78 Å². The number of hydrogen-bond donors (Lipinski definition) is 0. The Morgan fingerprint density at radius 3 is 2.61 bits per heavy atom. The highest BCUT2D eigenvalue weighted by Crippen LogP contribution is 2.21. The van der Waals surface area contributed by atoms with Crippen molar-refractivity contribution in [3.63, 3.8) is 0 Å². The van der Waals surface area contributed by atoms with Crippen molar-refractivity contribution in [2.75, 3.05) is 0 Å². The summed E-state index contributed by atoms with van der Waals surface area (Å²) in [4.78, 5) is 12.2. The SMILES string of the molecule is O=C(Cc1ccccc1)c1ccc2c(c1)COC2. The number of fused-ring (bicyclic) bond motifs is 1. The summed E-state index contributed by atoms with van der Waals surface area (Å²) in [5, 5.41) is 0. The third-order valence-electron chi connectivity index (χ3n) is 3.25. The van der Waals surface area contributed by atoms with Crippen molar-refractivity contribution in [3.8, 4) is 0 Å². The predicted octanol–water partition coefficient (Wildman–Crippen LogP) is 3.14. The first kappa shape index (κ1) is 11.2. The Hall–Kier alpha value is -1.93. The zero-order valence-corrected chi connectivity index (χ0v) is 10.1. The first-order valence-corrected chi connectivity index (χ1v) is 6.09. The van der Waals surface area contributed by atoms with Gasteiger partial charge < -0.3 is 4.74 Å². The minimum atomic E-state index is 0.163. The van der Waals surface area contributed by atoms with Crippen molar-refractivity contribution in [2.45, 2.75) is 19.6 Å². The third-order valence-corrected chi connectivity index (χ3v) is 3.25. The molecule has 0 unspecified atom stereocenters. The van der Waals surface area contributed by atoms with Crippen LogP contribution in [0.2, 0.25) is 0 Å². The van der Waals surface area contributed by atoms with Gasteiger partial charge in [0, 0.05) is 12.0 Å². The smallest absolute Gasteiger partial charge is 0.167 e. The molecule has 3 rings (SSSR count). The van der Waals surface area contributed by atoms with E-state index in [4.69, 9.17) is 4.74 Å². The molecule has 18 heavy (non-hydrogen) atoms. The summed E-state index contributed by atoms with van der Waals surface area (Å²) in [5.74, 6) is 0.163. The fraction of sp³-hybridized carbons (Fsp3) is 0.188. The average Bonchev–Trinajstić information content (AvgIpc) is 2.87. The van der Waals surface area contributed by atoms with Crippen molar-refractivity contribution < 1.29 is 9.53 Å². The summed E-state index contributed by atoms with van der Waals surface area (Å²) >= 11 is 0. The average molecular weight is 238 g/mol. The molecule has 2 nitrogen and oxygen atoms in total. The monoisotopic (exact) mass is 238 g/mol. The predicted molar refractivity (Wildman–Crippen MR) is 69.4 cm³/mol. The Kier molecular flexibility index (Phi) is 2.95. The summed E-state index contributed by atoms with van der Waals surface area (Å²) < 4.78 is 5.36. The van der Waals surface area contributed by atoms with Gasteiger partial charge >= 0.3 is 0 Å². The summed E-state index contributed by atoms with van der Waals surface area (Å²) in [6, 6.07) is 15.7. The van der Waals surface area contributed by atoms with Gasteiger partial charge in [0.2, 0.25) is 0 Å². The van der Waals surface area contributed by atoms with Crippen molar-refractivity contribution >= 4 is 5.78 Å². The second-order valence-electron chi connectivity index (χ2n) is 4.56. The Labute approximate surface area is 106 Å². The minimum absolute atomic E-state index is 0.163. The molecular weight excluding hydrogens is 224 g/mol. The molecule has 0 spiro atoms. The standard InChI is InChI=1S/C16H14O2/c17-16(8-12-4-2-1-3-5-12)13-6-7-14-10-18-11-15(14)9-13/h1-7,9H,8,10-11H2. The van der Waals surface area contributed by atoms with Crippen LogP contribution in [0.3, 0.4) is 0 Å². The van der Waals surface area contributed by atoms with Gasteiger partial charge in [0.15, 0.2) is 5.78 Å². The lowest BCUT2D eigenvalue weighted by molar-refractivity contribution is 0.0993. The molecule has 2 heteroatoms. The molecule has 0 fully saturated rings. The zero-order valence-electron chi connectivity index (χ0n) is 10.1. The van der Waals surface area contributed by atoms with Gasteiger partial charge in [-0.1, -0.05) is 42.5 Å². The summed E-state index contributed by atoms with van der Waals surface area (Å²) in [7, 11) is 0. The van der Waals surface area contributed by atoms with Gasteiger partial charge in [-0.05, 0) is 22.8 Å². The fourth-order valence-electron chi connectivity index (χ4n) is 2.23. The summed E-state index contributed by atoms with van der Waals surface area (Å²) in [6.45, 7) is 1.30. The summed E-state index contributed by atoms with van der Waals surface area (Å²) in [5.41, 5.74) is 4.18. The van der Waals surface area contributed by atoms with E-state index in [9.17, 15) is 4.79 Å². The fourth-order valence-corrected chi connectivity index (χ4v) is 2.23. The van der Waals surface area contributed by atoms with Crippen LogP contribution in [0.4, 0.5) is 0 Å². The molecule has 0 saturated carbocycles. The second-order valence-corrected chi connectivity index (χ2v) is 4.56. The van der Waals surface area contributed by atoms with E-state index >= 15 is 0 Å². The van der Waals surface area contributed by atoms with E-state index in [1.54, 1.807) is 0 Å². The number of ether oxygens (including phenoxy) is 1. The topological polar surface area (TPSA) is 26.3 Å². The highest BCUT2D eigenvalue weighted by Gasteiger charge is 2.14. The molecule has 2 aromatic carbocycles. The van der Waals surface area contributed by atoms with E-state index in [0.29, 0.717) is 19.6 Å². The molecular formula is C16H14O2. The first-order chi connectivity index (χ1) is 8.83. The van der Waals surface area contributed by atoms with Crippen LogP contribution >= 0.6 is 0 Å². The lowest BCUT2D eigenvalue weighted by Gasteiger charge is -2.03. The molecule has 0 aliphatic carbocycles. The largest absolute Gasteiger partial charge is 0.372 e. The maximum atomic E-state index is 12.2. The van der Waals surface area contributed by atoms with E-state index in [1.807, 2.05) is 48.5 Å². The molecule has 0 N–H and O–H groups in total. The van der Waals surface area contributed by atoms with E-state index < -0.39 is 0 Å². The number of ketones is 1. The van der Waals surface area contributed by atoms with Crippen LogP contribution in [0, 0.1) is 0 Å². The first-order valence-electron chi connectivity index (χ1n) is 6.09. The maximum Gasteiger partial charge on any atom is 0.167 e. The van der Waals surface area contributed by atoms with Crippen LogP contribution < -0.4 is 0 Å². The van der Waals surface area contributed by atoms with E-state index in [1.165, 1.54) is 5.56 Å². The van der Waals surface area contributed by atoms with Crippen LogP contribution in [0.25, 0.3) is 0 Å². The molecule has 0 atom stereocenters. The van der Waals surface area contributed by atoms with Gasteiger partial charge in [0.1, 0.15) is 0 Å². The molecule has 0 saturated heterocycles. The Bertz CT molecular complexity index is 573. The van der Waals surface area contributed by atoms with Crippen LogP contribution in [-0.2, 0) is 24.4 Å².